The molecule has 0 amide bonds. The van der Waals surface area contributed by atoms with Crippen molar-refractivity contribution < 1.29 is 0 Å². The molecule has 0 bridgehead atoms. The molecule has 1 N–H and O–H groups in total. The van der Waals surface area contributed by atoms with Crippen molar-refractivity contribution in [3.63, 3.8) is 0 Å². The zero-order valence-corrected chi connectivity index (χ0v) is 14.2. The van der Waals surface area contributed by atoms with Crippen LogP contribution in [0.15, 0.2) is 18.2 Å². The highest BCUT2D eigenvalue weighted by Gasteiger charge is 2.14. The molecule has 1 rings (SSSR count). The fourth-order valence-electron chi connectivity index (χ4n) is 2.21. The van der Waals surface area contributed by atoms with Crippen LogP contribution >= 0.6 is 0 Å². The third kappa shape index (κ3) is 7.61. The summed E-state index contributed by atoms with van der Waals surface area (Å²) in [5.41, 5.74) is 2.70. The monoisotopic (exact) mass is 277 g/mol. The molecular formula is C17H31N3. The van der Waals surface area contributed by atoms with Crippen LogP contribution in [0.25, 0.3) is 0 Å². The third-order valence-electron chi connectivity index (χ3n) is 2.84. The molecule has 0 saturated carbocycles. The first kappa shape index (κ1) is 17.1. The number of pyridine rings is 1. The van der Waals surface area contributed by atoms with Gasteiger partial charge in [0.2, 0.25) is 0 Å². The molecule has 0 saturated heterocycles. The Morgan fingerprint density at radius 2 is 1.65 bits per heavy atom. The standard InChI is InChI=1S/C17H31N3/c1-16(2,3)13-20(7)12-15-10-8-9-14(19-15)11-18-17(4,5)6/h8-10,18H,11-13H2,1-7H3. The van der Waals surface area contributed by atoms with E-state index < -0.39 is 0 Å². The summed E-state index contributed by atoms with van der Waals surface area (Å²) in [6.45, 7) is 16.1. The summed E-state index contributed by atoms with van der Waals surface area (Å²) in [6, 6.07) is 6.30. The summed E-state index contributed by atoms with van der Waals surface area (Å²) in [5.74, 6) is 0. The Kier molecular flexibility index (Phi) is 5.72. The van der Waals surface area contributed by atoms with Crippen molar-refractivity contribution in [3.05, 3.63) is 29.6 Å². The lowest BCUT2D eigenvalue weighted by molar-refractivity contribution is 0.219. The zero-order chi connectivity index (χ0) is 15.4. The van der Waals surface area contributed by atoms with Gasteiger partial charge in [0, 0.05) is 25.2 Å². The van der Waals surface area contributed by atoms with E-state index in [-0.39, 0.29) is 5.54 Å². The summed E-state index contributed by atoms with van der Waals surface area (Å²) in [7, 11) is 2.16. The SMILES string of the molecule is CN(Cc1cccc(CNC(C)(C)C)n1)CC(C)(C)C. The minimum atomic E-state index is 0.126. The zero-order valence-electron chi connectivity index (χ0n) is 14.2. The van der Waals surface area contributed by atoms with Gasteiger partial charge in [-0.2, -0.15) is 0 Å². The second-order valence-electron chi connectivity index (χ2n) is 7.96. The molecule has 0 aliphatic rings. The second kappa shape index (κ2) is 6.68. The van der Waals surface area contributed by atoms with Crippen molar-refractivity contribution in [1.29, 1.82) is 0 Å². The van der Waals surface area contributed by atoms with Crippen LogP contribution in [0.2, 0.25) is 0 Å². The van der Waals surface area contributed by atoms with Gasteiger partial charge in [0.1, 0.15) is 0 Å². The molecule has 0 aliphatic heterocycles. The second-order valence-corrected chi connectivity index (χ2v) is 7.96. The molecule has 0 radical (unpaired) electrons. The van der Waals surface area contributed by atoms with Crippen molar-refractivity contribution in [2.45, 2.75) is 60.2 Å². The van der Waals surface area contributed by atoms with E-state index in [1.807, 2.05) is 0 Å². The van der Waals surface area contributed by atoms with Gasteiger partial charge in [0.25, 0.3) is 0 Å². The van der Waals surface area contributed by atoms with Crippen LogP contribution < -0.4 is 5.32 Å². The molecule has 0 atom stereocenters. The Morgan fingerprint density at radius 3 is 2.20 bits per heavy atom. The molecule has 114 valence electrons. The minimum Gasteiger partial charge on any atom is -0.306 e. The highest BCUT2D eigenvalue weighted by Crippen LogP contribution is 2.15. The van der Waals surface area contributed by atoms with Gasteiger partial charge in [-0.3, -0.25) is 4.98 Å². The van der Waals surface area contributed by atoms with Crippen molar-refractivity contribution in [3.8, 4) is 0 Å². The van der Waals surface area contributed by atoms with E-state index in [1.54, 1.807) is 0 Å². The van der Waals surface area contributed by atoms with Crippen LogP contribution in [0.3, 0.4) is 0 Å². The Hall–Kier alpha value is -0.930. The molecule has 0 unspecified atom stereocenters. The number of nitrogens with zero attached hydrogens (tertiary/aromatic N) is 2. The van der Waals surface area contributed by atoms with Gasteiger partial charge in [0.15, 0.2) is 0 Å². The molecule has 20 heavy (non-hydrogen) atoms. The van der Waals surface area contributed by atoms with Gasteiger partial charge in [-0.1, -0.05) is 26.8 Å². The first-order valence-electron chi connectivity index (χ1n) is 7.44. The molecule has 1 aromatic rings. The Labute approximate surface area is 124 Å². The van der Waals surface area contributed by atoms with E-state index in [1.165, 1.54) is 0 Å². The normalized spacial score (nSPS) is 13.0. The number of hydrogen-bond acceptors (Lipinski definition) is 3. The van der Waals surface area contributed by atoms with E-state index in [2.05, 4.69) is 77.0 Å². The van der Waals surface area contributed by atoms with Crippen LogP contribution in [0.5, 0.6) is 0 Å². The van der Waals surface area contributed by atoms with Gasteiger partial charge in [0.05, 0.1) is 11.4 Å². The largest absolute Gasteiger partial charge is 0.306 e. The first-order valence-corrected chi connectivity index (χ1v) is 7.44. The fourth-order valence-corrected chi connectivity index (χ4v) is 2.21. The number of hydrogen-bond donors (Lipinski definition) is 1. The van der Waals surface area contributed by atoms with Crippen LogP contribution in [0, 0.1) is 5.41 Å². The molecule has 3 heteroatoms. The molecule has 0 spiro atoms. The van der Waals surface area contributed by atoms with Gasteiger partial charge in [-0.15, -0.1) is 0 Å². The molecular weight excluding hydrogens is 246 g/mol. The van der Waals surface area contributed by atoms with E-state index in [0.717, 1.165) is 31.0 Å². The first-order chi connectivity index (χ1) is 9.05. The van der Waals surface area contributed by atoms with Crippen molar-refractivity contribution in [1.82, 2.24) is 15.2 Å². The van der Waals surface area contributed by atoms with Crippen LogP contribution in [-0.2, 0) is 13.1 Å². The molecule has 1 heterocycles. The van der Waals surface area contributed by atoms with E-state index >= 15 is 0 Å². The summed E-state index contributed by atoms with van der Waals surface area (Å²) >= 11 is 0. The van der Waals surface area contributed by atoms with Crippen LogP contribution in [0.1, 0.15) is 52.9 Å². The lowest BCUT2D eigenvalue weighted by Crippen LogP contribution is -2.35. The minimum absolute atomic E-state index is 0.126. The average Bonchev–Trinajstić information content (AvgIpc) is 2.23. The predicted molar refractivity (Wildman–Crippen MR) is 86.6 cm³/mol. The number of rotatable bonds is 5. The summed E-state index contributed by atoms with van der Waals surface area (Å²) < 4.78 is 0. The maximum Gasteiger partial charge on any atom is 0.0547 e. The predicted octanol–water partition coefficient (Wildman–Crippen LogP) is 3.45. The smallest absolute Gasteiger partial charge is 0.0547 e. The van der Waals surface area contributed by atoms with Gasteiger partial charge >= 0.3 is 0 Å². The van der Waals surface area contributed by atoms with E-state index in [4.69, 9.17) is 4.98 Å². The summed E-state index contributed by atoms with van der Waals surface area (Å²) in [6.07, 6.45) is 0. The average molecular weight is 277 g/mol. The van der Waals surface area contributed by atoms with Crippen LogP contribution in [-0.4, -0.2) is 29.0 Å². The molecule has 1 aromatic heterocycles. The van der Waals surface area contributed by atoms with Crippen molar-refractivity contribution in [2.75, 3.05) is 13.6 Å². The lowest BCUT2D eigenvalue weighted by Gasteiger charge is -2.26. The Morgan fingerprint density at radius 1 is 1.05 bits per heavy atom. The summed E-state index contributed by atoms with van der Waals surface area (Å²) in [5, 5.41) is 3.48. The molecule has 3 nitrogen and oxygen atoms in total. The Bertz CT molecular complexity index is 413. The molecule has 0 aliphatic carbocycles. The lowest BCUT2D eigenvalue weighted by atomic mass is 9.96. The van der Waals surface area contributed by atoms with Crippen LogP contribution in [0.4, 0.5) is 0 Å². The number of nitrogens with one attached hydrogen (secondary N) is 1. The molecule has 0 aromatic carbocycles. The maximum absolute atomic E-state index is 4.74. The number of aromatic nitrogens is 1. The Balaban J connectivity index is 2.59. The van der Waals surface area contributed by atoms with Gasteiger partial charge in [-0.25, -0.2) is 0 Å². The van der Waals surface area contributed by atoms with E-state index in [9.17, 15) is 0 Å². The third-order valence-corrected chi connectivity index (χ3v) is 2.84. The van der Waals surface area contributed by atoms with E-state index in [0.29, 0.717) is 5.41 Å². The fraction of sp³-hybridized carbons (Fsp3) is 0.706. The highest BCUT2D eigenvalue weighted by atomic mass is 15.1. The van der Waals surface area contributed by atoms with Crippen molar-refractivity contribution in [2.24, 2.45) is 5.41 Å². The topological polar surface area (TPSA) is 28.2 Å². The maximum atomic E-state index is 4.74. The van der Waals surface area contributed by atoms with Crippen molar-refractivity contribution >= 4 is 0 Å². The van der Waals surface area contributed by atoms with Gasteiger partial charge in [-0.05, 0) is 45.4 Å². The highest BCUT2D eigenvalue weighted by molar-refractivity contribution is 5.11. The quantitative estimate of drug-likeness (QED) is 0.893. The summed E-state index contributed by atoms with van der Waals surface area (Å²) in [4.78, 5) is 7.08. The van der Waals surface area contributed by atoms with Gasteiger partial charge < -0.3 is 10.2 Å². The molecule has 0 fully saturated rings.